The molecular weight excluding hydrogens is 278 g/mol. The van der Waals surface area contributed by atoms with Crippen molar-refractivity contribution in [3.63, 3.8) is 0 Å². The predicted octanol–water partition coefficient (Wildman–Crippen LogP) is 3.56. The molecule has 0 fully saturated rings. The summed E-state index contributed by atoms with van der Waals surface area (Å²) in [4.78, 5) is 15.7. The molecule has 0 radical (unpaired) electrons. The second kappa shape index (κ2) is 7.58. The van der Waals surface area contributed by atoms with Crippen LogP contribution in [0.3, 0.4) is 0 Å². The van der Waals surface area contributed by atoms with Gasteiger partial charge in [-0.2, -0.15) is 0 Å². The number of rotatable bonds is 4. The van der Waals surface area contributed by atoms with Crippen molar-refractivity contribution >= 4 is 23.2 Å². The molecule has 0 spiro atoms. The molecule has 106 valence electrons. The van der Waals surface area contributed by atoms with Crippen molar-refractivity contribution in [2.24, 2.45) is 0 Å². The van der Waals surface area contributed by atoms with E-state index in [9.17, 15) is 4.79 Å². The van der Waals surface area contributed by atoms with Gasteiger partial charge in [0.25, 0.3) is 0 Å². The van der Waals surface area contributed by atoms with Gasteiger partial charge in [0.2, 0.25) is 0 Å². The second-order valence-electron chi connectivity index (χ2n) is 4.81. The number of hydrogen-bond donors (Lipinski definition) is 0. The standard InChI is InChI=1S/C18H17NOS/c1-19(2)14-6-9-16-11-13-18(21-16)17(20)12-10-15-7-4-3-5-8-15/h3-5,7-8,10-13H,14H2,1-2H3. The largest absolute Gasteiger partial charge is 0.299 e. The van der Waals surface area contributed by atoms with Gasteiger partial charge in [0.1, 0.15) is 0 Å². The third-order valence-electron chi connectivity index (χ3n) is 2.68. The number of nitrogens with zero attached hydrogens (tertiary/aromatic N) is 1. The third-order valence-corrected chi connectivity index (χ3v) is 3.70. The topological polar surface area (TPSA) is 20.3 Å². The molecule has 2 nitrogen and oxygen atoms in total. The van der Waals surface area contributed by atoms with Gasteiger partial charge in [0, 0.05) is 0 Å². The quantitative estimate of drug-likeness (QED) is 0.488. The molecule has 1 heterocycles. The van der Waals surface area contributed by atoms with Crippen molar-refractivity contribution in [3.8, 4) is 11.8 Å². The Hall–Kier alpha value is -2.15. The Balaban J connectivity index is 2.02. The molecule has 21 heavy (non-hydrogen) atoms. The van der Waals surface area contributed by atoms with Gasteiger partial charge in [-0.25, -0.2) is 0 Å². The summed E-state index contributed by atoms with van der Waals surface area (Å²) in [5.74, 6) is 6.16. The van der Waals surface area contributed by atoms with Crippen molar-refractivity contribution in [3.05, 3.63) is 63.9 Å². The first kappa shape index (κ1) is 15.2. The summed E-state index contributed by atoms with van der Waals surface area (Å²) in [6, 6.07) is 13.5. The van der Waals surface area contributed by atoms with Crippen LogP contribution in [0.5, 0.6) is 0 Å². The Morgan fingerprint density at radius 1 is 1.19 bits per heavy atom. The first-order valence-corrected chi connectivity index (χ1v) is 7.48. The second-order valence-corrected chi connectivity index (χ2v) is 5.90. The SMILES string of the molecule is CN(C)CC#Cc1ccc(C(=O)C=Cc2ccccc2)s1. The van der Waals surface area contributed by atoms with E-state index in [0.717, 1.165) is 21.9 Å². The van der Waals surface area contributed by atoms with E-state index in [0.29, 0.717) is 0 Å². The Labute approximate surface area is 129 Å². The van der Waals surface area contributed by atoms with Crippen LogP contribution in [0.1, 0.15) is 20.1 Å². The number of hydrogen-bond acceptors (Lipinski definition) is 3. The number of allylic oxidation sites excluding steroid dienone is 1. The Morgan fingerprint density at radius 2 is 1.95 bits per heavy atom. The van der Waals surface area contributed by atoms with Crippen LogP contribution in [-0.2, 0) is 0 Å². The molecule has 0 N–H and O–H groups in total. The molecular formula is C18H17NOS. The van der Waals surface area contributed by atoms with Gasteiger partial charge in [-0.3, -0.25) is 9.69 Å². The number of carbonyl (C=O) groups is 1. The minimum absolute atomic E-state index is 0.0181. The monoisotopic (exact) mass is 295 g/mol. The average Bonchev–Trinajstić information content (AvgIpc) is 2.94. The lowest BCUT2D eigenvalue weighted by molar-refractivity contribution is 0.105. The molecule has 1 aromatic heterocycles. The average molecular weight is 295 g/mol. The highest BCUT2D eigenvalue weighted by atomic mass is 32.1. The first-order chi connectivity index (χ1) is 10.1. The number of thiophene rings is 1. The zero-order valence-corrected chi connectivity index (χ0v) is 13.0. The Kier molecular flexibility index (Phi) is 5.51. The van der Waals surface area contributed by atoms with Crippen LogP contribution in [0.4, 0.5) is 0 Å². The molecule has 2 rings (SSSR count). The summed E-state index contributed by atoms with van der Waals surface area (Å²) in [6.45, 7) is 0.717. The third kappa shape index (κ3) is 5.03. The lowest BCUT2D eigenvalue weighted by atomic mass is 10.2. The number of carbonyl (C=O) groups excluding carboxylic acids is 1. The van der Waals surface area contributed by atoms with Crippen LogP contribution in [-0.4, -0.2) is 31.3 Å². The summed E-state index contributed by atoms with van der Waals surface area (Å²) in [7, 11) is 3.96. The molecule has 0 aliphatic heterocycles. The van der Waals surface area contributed by atoms with Gasteiger partial charge >= 0.3 is 0 Å². The minimum Gasteiger partial charge on any atom is -0.299 e. The van der Waals surface area contributed by atoms with E-state index in [1.165, 1.54) is 11.3 Å². The van der Waals surface area contributed by atoms with Gasteiger partial charge in [0.15, 0.2) is 5.78 Å². The fraction of sp³-hybridized carbons (Fsp3) is 0.167. The van der Waals surface area contributed by atoms with Crippen molar-refractivity contribution < 1.29 is 4.79 Å². The lowest BCUT2D eigenvalue weighted by Crippen LogP contribution is -2.10. The molecule has 0 unspecified atom stereocenters. The zero-order chi connectivity index (χ0) is 15.1. The maximum atomic E-state index is 12.1. The number of benzene rings is 1. The maximum absolute atomic E-state index is 12.1. The van der Waals surface area contributed by atoms with Crippen LogP contribution in [0.2, 0.25) is 0 Å². The summed E-state index contributed by atoms with van der Waals surface area (Å²) in [6.07, 6.45) is 3.44. The van der Waals surface area contributed by atoms with Gasteiger partial charge in [-0.15, -0.1) is 11.3 Å². The first-order valence-electron chi connectivity index (χ1n) is 6.66. The number of ketones is 1. The summed E-state index contributed by atoms with van der Waals surface area (Å²) < 4.78 is 0. The van der Waals surface area contributed by atoms with Gasteiger partial charge in [-0.05, 0) is 37.9 Å². The molecule has 2 aromatic rings. The highest BCUT2D eigenvalue weighted by molar-refractivity contribution is 7.14. The molecule has 0 aliphatic carbocycles. The molecule has 0 aliphatic rings. The van der Waals surface area contributed by atoms with Crippen LogP contribution >= 0.6 is 11.3 Å². The summed E-state index contributed by atoms with van der Waals surface area (Å²) in [5, 5.41) is 0. The van der Waals surface area contributed by atoms with Crippen molar-refractivity contribution in [2.45, 2.75) is 0 Å². The molecule has 1 aromatic carbocycles. The smallest absolute Gasteiger partial charge is 0.195 e. The molecule has 3 heteroatoms. The van der Waals surface area contributed by atoms with E-state index in [2.05, 4.69) is 11.8 Å². The van der Waals surface area contributed by atoms with Crippen LogP contribution in [0, 0.1) is 11.8 Å². The molecule has 0 saturated carbocycles. The highest BCUT2D eigenvalue weighted by Crippen LogP contribution is 2.17. The fourth-order valence-corrected chi connectivity index (χ4v) is 2.44. The Morgan fingerprint density at radius 3 is 2.67 bits per heavy atom. The van der Waals surface area contributed by atoms with E-state index < -0.39 is 0 Å². The van der Waals surface area contributed by atoms with Gasteiger partial charge < -0.3 is 0 Å². The van der Waals surface area contributed by atoms with Gasteiger partial charge in [0.05, 0.1) is 16.3 Å². The minimum atomic E-state index is 0.0181. The summed E-state index contributed by atoms with van der Waals surface area (Å²) >= 11 is 1.43. The molecule has 0 amide bonds. The molecule has 0 atom stereocenters. The van der Waals surface area contributed by atoms with Crippen molar-refractivity contribution in [2.75, 3.05) is 20.6 Å². The van der Waals surface area contributed by atoms with Gasteiger partial charge in [-0.1, -0.05) is 48.2 Å². The van der Waals surface area contributed by atoms with E-state index in [1.54, 1.807) is 6.08 Å². The lowest BCUT2D eigenvalue weighted by Gasteiger charge is -2.00. The van der Waals surface area contributed by atoms with Crippen LogP contribution in [0.25, 0.3) is 6.08 Å². The maximum Gasteiger partial charge on any atom is 0.195 e. The van der Waals surface area contributed by atoms with E-state index in [4.69, 9.17) is 0 Å². The van der Waals surface area contributed by atoms with Crippen molar-refractivity contribution in [1.82, 2.24) is 4.90 Å². The summed E-state index contributed by atoms with van der Waals surface area (Å²) in [5.41, 5.74) is 1.02. The predicted molar refractivity (Wildman–Crippen MR) is 89.6 cm³/mol. The fourth-order valence-electron chi connectivity index (χ4n) is 1.64. The normalized spacial score (nSPS) is 10.6. The van der Waals surface area contributed by atoms with E-state index >= 15 is 0 Å². The Bertz CT molecular complexity index is 687. The molecule has 0 saturated heterocycles. The van der Waals surface area contributed by atoms with Crippen LogP contribution in [0.15, 0.2) is 48.5 Å². The van der Waals surface area contributed by atoms with Crippen LogP contribution < -0.4 is 0 Å². The molecule has 0 bridgehead atoms. The van der Waals surface area contributed by atoms with E-state index in [-0.39, 0.29) is 5.78 Å². The highest BCUT2D eigenvalue weighted by Gasteiger charge is 2.04. The van der Waals surface area contributed by atoms with E-state index in [1.807, 2.05) is 67.5 Å². The zero-order valence-electron chi connectivity index (χ0n) is 12.2. The van der Waals surface area contributed by atoms with Crippen molar-refractivity contribution in [1.29, 1.82) is 0 Å².